The van der Waals surface area contributed by atoms with Crippen molar-refractivity contribution in [2.24, 2.45) is 0 Å². The fourth-order valence-corrected chi connectivity index (χ4v) is 1.94. The van der Waals surface area contributed by atoms with Crippen molar-refractivity contribution >= 4 is 17.4 Å². The van der Waals surface area contributed by atoms with Gasteiger partial charge in [0.25, 0.3) is 0 Å². The molecule has 3 heteroatoms. The molecule has 92 valence electrons. The van der Waals surface area contributed by atoms with E-state index in [4.69, 9.17) is 11.6 Å². The second-order valence-corrected chi connectivity index (χ2v) is 4.66. The Bertz CT molecular complexity index is 620. The first-order valence-corrected chi connectivity index (χ1v) is 5.94. The van der Waals surface area contributed by atoms with Gasteiger partial charge >= 0.3 is 0 Å². The molecule has 18 heavy (non-hydrogen) atoms. The zero-order valence-electron chi connectivity index (χ0n) is 10.1. The normalized spacial score (nSPS) is 10.4. The molecule has 1 nitrogen and oxygen atoms in total. The fraction of sp³-hybridized carbons (Fsp3) is 0.133. The third-order valence-electron chi connectivity index (χ3n) is 2.85. The monoisotopic (exact) mass is 262 g/mol. The number of benzene rings is 2. The molecule has 0 N–H and O–H groups in total. The summed E-state index contributed by atoms with van der Waals surface area (Å²) in [6, 6.07) is 9.28. The Morgan fingerprint density at radius 3 is 2.39 bits per heavy atom. The third kappa shape index (κ3) is 2.44. The van der Waals surface area contributed by atoms with Crippen molar-refractivity contribution in [3.05, 3.63) is 69.5 Å². The van der Waals surface area contributed by atoms with Gasteiger partial charge in [0.2, 0.25) is 0 Å². The molecule has 0 saturated carbocycles. The van der Waals surface area contributed by atoms with E-state index >= 15 is 0 Å². The summed E-state index contributed by atoms with van der Waals surface area (Å²) < 4.78 is 13.0. The van der Waals surface area contributed by atoms with Crippen molar-refractivity contribution < 1.29 is 9.18 Å². The average molecular weight is 263 g/mol. The van der Waals surface area contributed by atoms with Crippen LogP contribution >= 0.6 is 11.6 Å². The number of halogens is 2. The van der Waals surface area contributed by atoms with Crippen molar-refractivity contribution in [3.63, 3.8) is 0 Å². The zero-order chi connectivity index (χ0) is 13.3. The van der Waals surface area contributed by atoms with Gasteiger partial charge in [-0.25, -0.2) is 4.39 Å². The predicted molar refractivity (Wildman–Crippen MR) is 70.8 cm³/mol. The minimum absolute atomic E-state index is 0.118. The zero-order valence-corrected chi connectivity index (χ0v) is 10.9. The maximum absolute atomic E-state index is 13.0. The van der Waals surface area contributed by atoms with Crippen molar-refractivity contribution in [3.8, 4) is 0 Å². The highest BCUT2D eigenvalue weighted by atomic mass is 35.5. The van der Waals surface area contributed by atoms with E-state index in [0.29, 0.717) is 21.7 Å². The number of hydrogen-bond acceptors (Lipinski definition) is 1. The highest BCUT2D eigenvalue weighted by Crippen LogP contribution is 2.20. The summed E-state index contributed by atoms with van der Waals surface area (Å²) in [6.07, 6.45) is 0. The summed E-state index contributed by atoms with van der Waals surface area (Å²) in [5.74, 6) is -0.455. The van der Waals surface area contributed by atoms with Crippen LogP contribution in [0, 0.1) is 19.7 Å². The van der Waals surface area contributed by atoms with Crippen molar-refractivity contribution in [1.82, 2.24) is 0 Å². The Kier molecular flexibility index (Phi) is 3.48. The number of hydrogen-bond donors (Lipinski definition) is 0. The van der Waals surface area contributed by atoms with Crippen LogP contribution in [0.1, 0.15) is 27.0 Å². The van der Waals surface area contributed by atoms with Crippen LogP contribution in [0.4, 0.5) is 4.39 Å². The molecular formula is C15H12ClFO. The van der Waals surface area contributed by atoms with Gasteiger partial charge in [-0.1, -0.05) is 11.6 Å². The van der Waals surface area contributed by atoms with E-state index in [-0.39, 0.29) is 11.6 Å². The number of carbonyl (C=O) groups is 1. The summed E-state index contributed by atoms with van der Waals surface area (Å²) in [5.41, 5.74) is 2.56. The lowest BCUT2D eigenvalue weighted by atomic mass is 9.98. The second-order valence-electron chi connectivity index (χ2n) is 4.25. The summed E-state index contributed by atoms with van der Waals surface area (Å²) >= 11 is 5.92. The second kappa shape index (κ2) is 4.91. The molecule has 0 saturated heterocycles. The van der Waals surface area contributed by atoms with Gasteiger partial charge in [0.1, 0.15) is 5.82 Å². The molecule has 0 aliphatic rings. The van der Waals surface area contributed by atoms with Gasteiger partial charge in [0, 0.05) is 16.1 Å². The molecule has 2 rings (SSSR count). The smallest absolute Gasteiger partial charge is 0.193 e. The highest BCUT2D eigenvalue weighted by molar-refractivity contribution is 6.31. The van der Waals surface area contributed by atoms with Crippen LogP contribution < -0.4 is 0 Å². The standard InChI is InChI=1S/C15H12ClFO/c1-9-8-12(17)4-5-13(9)15(18)11-3-6-14(16)10(2)7-11/h3-8H,1-2H3. The summed E-state index contributed by atoms with van der Waals surface area (Å²) in [4.78, 5) is 12.3. The van der Waals surface area contributed by atoms with E-state index in [0.717, 1.165) is 5.56 Å². The van der Waals surface area contributed by atoms with Crippen molar-refractivity contribution in [2.75, 3.05) is 0 Å². The molecule has 2 aromatic rings. The van der Waals surface area contributed by atoms with Gasteiger partial charge < -0.3 is 0 Å². The maximum Gasteiger partial charge on any atom is 0.193 e. The average Bonchev–Trinajstić information content (AvgIpc) is 2.32. The third-order valence-corrected chi connectivity index (χ3v) is 3.28. The largest absolute Gasteiger partial charge is 0.289 e. The lowest BCUT2D eigenvalue weighted by Crippen LogP contribution is -2.04. The molecular weight excluding hydrogens is 251 g/mol. The number of carbonyl (C=O) groups excluding carboxylic acids is 1. The van der Waals surface area contributed by atoms with E-state index in [2.05, 4.69) is 0 Å². The lowest BCUT2D eigenvalue weighted by molar-refractivity contribution is 0.103. The van der Waals surface area contributed by atoms with Crippen LogP contribution in [0.5, 0.6) is 0 Å². The van der Waals surface area contributed by atoms with Gasteiger partial charge in [-0.2, -0.15) is 0 Å². The molecule has 0 radical (unpaired) electrons. The Morgan fingerprint density at radius 2 is 1.78 bits per heavy atom. The predicted octanol–water partition coefficient (Wildman–Crippen LogP) is 4.33. The maximum atomic E-state index is 13.0. The lowest BCUT2D eigenvalue weighted by Gasteiger charge is -2.06. The van der Waals surface area contributed by atoms with Gasteiger partial charge in [-0.15, -0.1) is 0 Å². The molecule has 0 amide bonds. The van der Waals surface area contributed by atoms with E-state index in [1.807, 2.05) is 6.92 Å². The summed E-state index contributed by atoms with van der Waals surface area (Å²) in [7, 11) is 0. The minimum Gasteiger partial charge on any atom is -0.289 e. The minimum atomic E-state index is -0.337. The molecule has 0 aliphatic carbocycles. The summed E-state index contributed by atoms with van der Waals surface area (Å²) in [6.45, 7) is 3.57. The number of ketones is 1. The first kappa shape index (κ1) is 12.8. The van der Waals surface area contributed by atoms with Crippen LogP contribution in [0.15, 0.2) is 36.4 Å². The van der Waals surface area contributed by atoms with Crippen molar-refractivity contribution in [1.29, 1.82) is 0 Å². The SMILES string of the molecule is Cc1cc(C(=O)c2ccc(F)cc2C)ccc1Cl. The number of rotatable bonds is 2. The Balaban J connectivity index is 2.44. The fourth-order valence-electron chi connectivity index (χ4n) is 1.82. The molecule has 0 unspecified atom stereocenters. The van der Waals surface area contributed by atoms with E-state index in [1.165, 1.54) is 18.2 Å². The summed E-state index contributed by atoms with van der Waals surface area (Å²) in [5, 5.41) is 0.627. The van der Waals surface area contributed by atoms with Gasteiger partial charge in [-0.05, 0) is 61.4 Å². The molecule has 0 aliphatic heterocycles. The molecule has 0 fully saturated rings. The van der Waals surface area contributed by atoms with Crippen molar-refractivity contribution in [2.45, 2.75) is 13.8 Å². The molecule has 2 aromatic carbocycles. The van der Waals surface area contributed by atoms with Crippen LogP contribution in [-0.4, -0.2) is 5.78 Å². The number of aryl methyl sites for hydroxylation is 2. The van der Waals surface area contributed by atoms with Gasteiger partial charge in [-0.3, -0.25) is 4.79 Å². The highest BCUT2D eigenvalue weighted by Gasteiger charge is 2.13. The van der Waals surface area contributed by atoms with Gasteiger partial charge in [0.05, 0.1) is 0 Å². The molecule has 0 aromatic heterocycles. The van der Waals surface area contributed by atoms with Crippen LogP contribution in [0.25, 0.3) is 0 Å². The van der Waals surface area contributed by atoms with E-state index in [1.54, 1.807) is 25.1 Å². The van der Waals surface area contributed by atoms with Gasteiger partial charge in [0.15, 0.2) is 5.78 Å². The first-order valence-electron chi connectivity index (χ1n) is 5.56. The quantitative estimate of drug-likeness (QED) is 0.737. The molecule has 0 spiro atoms. The first-order chi connectivity index (χ1) is 8.49. The van der Waals surface area contributed by atoms with E-state index in [9.17, 15) is 9.18 Å². The van der Waals surface area contributed by atoms with Crippen LogP contribution in [-0.2, 0) is 0 Å². The van der Waals surface area contributed by atoms with Crippen LogP contribution in [0.3, 0.4) is 0 Å². The Morgan fingerprint density at radius 1 is 1.06 bits per heavy atom. The molecule has 0 heterocycles. The Labute approximate surface area is 110 Å². The molecule has 0 atom stereocenters. The topological polar surface area (TPSA) is 17.1 Å². The molecule has 0 bridgehead atoms. The Hall–Kier alpha value is -1.67. The van der Waals surface area contributed by atoms with Crippen LogP contribution in [0.2, 0.25) is 5.02 Å². The van der Waals surface area contributed by atoms with E-state index < -0.39 is 0 Å².